The van der Waals surface area contributed by atoms with Crippen LogP contribution >= 0.6 is 0 Å². The molecular weight excluding hydrogens is 221 g/mol. The van der Waals surface area contributed by atoms with E-state index in [2.05, 4.69) is 0 Å². The molecule has 0 N–H and O–H groups in total. The molecule has 1 aromatic rings. The highest BCUT2D eigenvalue weighted by atomic mass is 19.1. The van der Waals surface area contributed by atoms with Crippen LogP contribution in [-0.2, 0) is 4.74 Å². The van der Waals surface area contributed by atoms with E-state index >= 15 is 0 Å². The molecule has 1 saturated heterocycles. The lowest BCUT2D eigenvalue weighted by atomic mass is 10.1. The number of nitrogens with zero attached hydrogens (tertiary/aromatic N) is 1. The predicted octanol–water partition coefficient (Wildman–Crippen LogP) is 2.25. The summed E-state index contributed by atoms with van der Waals surface area (Å²) in [5, 5.41) is 0. The summed E-state index contributed by atoms with van der Waals surface area (Å²) in [6.07, 6.45) is 1.07. The van der Waals surface area contributed by atoms with E-state index in [9.17, 15) is 9.18 Å². The van der Waals surface area contributed by atoms with Crippen molar-refractivity contribution in [1.82, 2.24) is 0 Å². The molecule has 0 spiro atoms. The number of ketones is 1. The molecule has 3 nitrogen and oxygen atoms in total. The van der Waals surface area contributed by atoms with Crippen LogP contribution in [0.1, 0.15) is 23.7 Å². The fourth-order valence-corrected chi connectivity index (χ4v) is 2.26. The zero-order valence-corrected chi connectivity index (χ0v) is 10.1. The lowest BCUT2D eigenvalue weighted by Gasteiger charge is -2.21. The lowest BCUT2D eigenvalue weighted by molar-refractivity contribution is 0.101. The maximum atomic E-state index is 13.7. The number of hydrogen-bond donors (Lipinski definition) is 0. The van der Waals surface area contributed by atoms with Gasteiger partial charge >= 0.3 is 0 Å². The third kappa shape index (κ3) is 2.31. The summed E-state index contributed by atoms with van der Waals surface area (Å²) in [5.41, 5.74) is 0.862. The van der Waals surface area contributed by atoms with E-state index in [0.717, 1.165) is 13.0 Å². The standard InChI is InChI=1S/C13H16FNO2/c1-9(16)13-11(14)4-3-5-12(13)15-7-6-10(8-15)17-2/h3-5,10H,6-8H2,1-2H3. The van der Waals surface area contributed by atoms with Crippen molar-refractivity contribution in [2.75, 3.05) is 25.1 Å². The number of anilines is 1. The highest BCUT2D eigenvalue weighted by Crippen LogP contribution is 2.27. The van der Waals surface area contributed by atoms with Crippen LogP contribution in [0.15, 0.2) is 18.2 Å². The molecule has 1 atom stereocenters. The van der Waals surface area contributed by atoms with E-state index in [1.54, 1.807) is 19.2 Å². The topological polar surface area (TPSA) is 29.5 Å². The minimum atomic E-state index is -0.448. The Hall–Kier alpha value is -1.42. The Balaban J connectivity index is 2.33. The number of halogens is 1. The molecule has 0 amide bonds. The largest absolute Gasteiger partial charge is 0.380 e. The molecule has 2 rings (SSSR count). The Morgan fingerprint density at radius 3 is 2.88 bits per heavy atom. The lowest BCUT2D eigenvalue weighted by Crippen LogP contribution is -2.24. The molecule has 1 unspecified atom stereocenters. The van der Waals surface area contributed by atoms with Gasteiger partial charge in [-0.1, -0.05) is 6.07 Å². The first-order valence-corrected chi connectivity index (χ1v) is 5.70. The zero-order chi connectivity index (χ0) is 12.4. The molecule has 0 radical (unpaired) electrons. The average molecular weight is 237 g/mol. The van der Waals surface area contributed by atoms with Crippen LogP contribution in [0.4, 0.5) is 10.1 Å². The van der Waals surface area contributed by atoms with Crippen molar-refractivity contribution in [2.45, 2.75) is 19.4 Å². The quantitative estimate of drug-likeness (QED) is 0.755. The second kappa shape index (κ2) is 4.84. The number of hydrogen-bond acceptors (Lipinski definition) is 3. The molecule has 1 fully saturated rings. The maximum absolute atomic E-state index is 13.7. The molecule has 0 aromatic heterocycles. The molecule has 1 aromatic carbocycles. The Bertz CT molecular complexity index is 433. The monoisotopic (exact) mass is 237 g/mol. The van der Waals surface area contributed by atoms with Gasteiger partial charge in [0.05, 0.1) is 17.4 Å². The van der Waals surface area contributed by atoms with E-state index in [1.165, 1.54) is 13.0 Å². The second-order valence-corrected chi connectivity index (χ2v) is 4.28. The molecule has 0 aliphatic carbocycles. The summed E-state index contributed by atoms with van der Waals surface area (Å²) in [4.78, 5) is 13.5. The number of methoxy groups -OCH3 is 1. The summed E-state index contributed by atoms with van der Waals surface area (Å²) in [7, 11) is 1.67. The van der Waals surface area contributed by atoms with Crippen molar-refractivity contribution in [1.29, 1.82) is 0 Å². The molecule has 1 aliphatic rings. The van der Waals surface area contributed by atoms with Crippen LogP contribution in [-0.4, -0.2) is 32.1 Å². The van der Waals surface area contributed by atoms with Gasteiger partial charge in [-0.25, -0.2) is 4.39 Å². The number of carbonyl (C=O) groups is 1. The van der Waals surface area contributed by atoms with Gasteiger partial charge in [0.25, 0.3) is 0 Å². The van der Waals surface area contributed by atoms with Crippen molar-refractivity contribution in [3.8, 4) is 0 Å². The fourth-order valence-electron chi connectivity index (χ4n) is 2.26. The van der Waals surface area contributed by atoms with Crippen LogP contribution in [0.5, 0.6) is 0 Å². The first-order valence-electron chi connectivity index (χ1n) is 5.70. The fraction of sp³-hybridized carbons (Fsp3) is 0.462. The van der Waals surface area contributed by atoms with Crippen molar-refractivity contribution >= 4 is 11.5 Å². The Kier molecular flexibility index (Phi) is 3.43. The van der Waals surface area contributed by atoms with Crippen molar-refractivity contribution in [3.63, 3.8) is 0 Å². The van der Waals surface area contributed by atoms with Gasteiger partial charge in [-0.3, -0.25) is 4.79 Å². The first kappa shape index (κ1) is 12.0. The minimum absolute atomic E-state index is 0.165. The van der Waals surface area contributed by atoms with Crippen LogP contribution in [0.2, 0.25) is 0 Å². The average Bonchev–Trinajstić information content (AvgIpc) is 2.76. The van der Waals surface area contributed by atoms with Crippen molar-refractivity contribution in [3.05, 3.63) is 29.6 Å². The molecular formula is C13H16FNO2. The molecule has 1 aliphatic heterocycles. The van der Waals surface area contributed by atoms with E-state index in [-0.39, 0.29) is 17.5 Å². The van der Waals surface area contributed by atoms with E-state index in [1.807, 2.05) is 4.90 Å². The normalized spacial score (nSPS) is 19.7. The zero-order valence-electron chi connectivity index (χ0n) is 10.1. The van der Waals surface area contributed by atoms with Gasteiger partial charge in [-0.05, 0) is 25.5 Å². The van der Waals surface area contributed by atoms with Crippen LogP contribution in [0.25, 0.3) is 0 Å². The summed E-state index contributed by atoms with van der Waals surface area (Å²) in [6, 6.07) is 4.75. The number of ether oxygens (including phenoxy) is 1. The molecule has 1 heterocycles. The molecule has 17 heavy (non-hydrogen) atoms. The third-order valence-corrected chi connectivity index (χ3v) is 3.16. The molecule has 0 saturated carbocycles. The Morgan fingerprint density at radius 1 is 1.53 bits per heavy atom. The van der Waals surface area contributed by atoms with Gasteiger partial charge in [0.1, 0.15) is 5.82 Å². The number of benzene rings is 1. The van der Waals surface area contributed by atoms with Gasteiger partial charge in [0.2, 0.25) is 0 Å². The minimum Gasteiger partial charge on any atom is -0.380 e. The van der Waals surface area contributed by atoms with Crippen molar-refractivity contribution < 1.29 is 13.9 Å². The highest BCUT2D eigenvalue weighted by molar-refractivity contribution is 6.00. The summed E-state index contributed by atoms with van der Waals surface area (Å²) >= 11 is 0. The van der Waals surface area contributed by atoms with Gasteiger partial charge in [-0.2, -0.15) is 0 Å². The van der Waals surface area contributed by atoms with E-state index in [4.69, 9.17) is 4.74 Å². The SMILES string of the molecule is COC1CCN(c2cccc(F)c2C(C)=O)C1. The summed E-state index contributed by atoms with van der Waals surface area (Å²) in [6.45, 7) is 2.90. The second-order valence-electron chi connectivity index (χ2n) is 4.28. The van der Waals surface area contributed by atoms with E-state index in [0.29, 0.717) is 12.2 Å². The number of Topliss-reactive ketones (excluding diaryl/α,β-unsaturated/α-hetero) is 1. The van der Waals surface area contributed by atoms with Crippen LogP contribution in [0, 0.1) is 5.82 Å². The van der Waals surface area contributed by atoms with Gasteiger partial charge < -0.3 is 9.64 Å². The predicted molar refractivity (Wildman–Crippen MR) is 64.0 cm³/mol. The van der Waals surface area contributed by atoms with Gasteiger partial charge in [0.15, 0.2) is 5.78 Å². The number of rotatable bonds is 3. The molecule has 4 heteroatoms. The highest BCUT2D eigenvalue weighted by Gasteiger charge is 2.26. The first-order chi connectivity index (χ1) is 8.13. The Labute approximate surface area is 100 Å². The molecule has 92 valence electrons. The molecule has 0 bridgehead atoms. The summed E-state index contributed by atoms with van der Waals surface area (Å²) in [5.74, 6) is -0.685. The third-order valence-electron chi connectivity index (χ3n) is 3.16. The van der Waals surface area contributed by atoms with Gasteiger partial charge in [-0.15, -0.1) is 0 Å². The van der Waals surface area contributed by atoms with Crippen LogP contribution in [0.3, 0.4) is 0 Å². The maximum Gasteiger partial charge on any atom is 0.164 e. The Morgan fingerprint density at radius 2 is 2.29 bits per heavy atom. The van der Waals surface area contributed by atoms with Gasteiger partial charge in [0, 0.05) is 20.2 Å². The van der Waals surface area contributed by atoms with E-state index < -0.39 is 5.82 Å². The van der Waals surface area contributed by atoms with Crippen molar-refractivity contribution in [2.24, 2.45) is 0 Å². The smallest absolute Gasteiger partial charge is 0.164 e. The summed E-state index contributed by atoms with van der Waals surface area (Å²) < 4.78 is 18.9. The number of carbonyl (C=O) groups excluding carboxylic acids is 1. The van der Waals surface area contributed by atoms with Crippen LogP contribution < -0.4 is 4.90 Å².